The number of piperazine rings is 1. The van der Waals surface area contributed by atoms with Crippen LogP contribution in [0.25, 0.3) is 0 Å². The summed E-state index contributed by atoms with van der Waals surface area (Å²) in [6.45, 7) is 3.82. The zero-order valence-electron chi connectivity index (χ0n) is 20.3. The second kappa shape index (κ2) is 11.0. The molecule has 3 rings (SSSR count). The van der Waals surface area contributed by atoms with Crippen molar-refractivity contribution in [3.8, 4) is 5.75 Å². The molecule has 0 aliphatic carbocycles. The summed E-state index contributed by atoms with van der Waals surface area (Å²) in [5.74, 6) is 0.256. The van der Waals surface area contributed by atoms with Gasteiger partial charge in [0.25, 0.3) is 5.91 Å². The predicted molar refractivity (Wildman–Crippen MR) is 137 cm³/mol. The third-order valence-electron chi connectivity index (χ3n) is 5.81. The number of methoxy groups -OCH3 is 1. The van der Waals surface area contributed by atoms with Gasteiger partial charge in [-0.05, 0) is 72.7 Å². The number of hydrogen-bond acceptors (Lipinski definition) is 5. The Morgan fingerprint density at radius 2 is 1.58 bits per heavy atom. The molecule has 1 atom stereocenters. The minimum atomic E-state index is -0.837. The molecule has 1 saturated heterocycles. The number of amides is 2. The van der Waals surface area contributed by atoms with Crippen molar-refractivity contribution in [3.63, 3.8) is 0 Å². The van der Waals surface area contributed by atoms with E-state index in [1.54, 1.807) is 19.2 Å². The summed E-state index contributed by atoms with van der Waals surface area (Å²) >= 11 is 0. The SMILES string of the molecule is COc1ccc(C(NC(=O)CN2CCN(C)CC2)C(=O)Nc2ccc(S(C)(C)C)cc2)cc1. The van der Waals surface area contributed by atoms with Crippen LogP contribution in [-0.2, 0) is 9.59 Å². The van der Waals surface area contributed by atoms with Crippen LogP contribution in [0.15, 0.2) is 53.4 Å². The molecule has 1 aliphatic heterocycles. The topological polar surface area (TPSA) is 73.9 Å². The highest BCUT2D eigenvalue weighted by Crippen LogP contribution is 2.45. The minimum absolute atomic E-state index is 0.165. The van der Waals surface area contributed by atoms with Crippen molar-refractivity contribution < 1.29 is 14.3 Å². The summed E-state index contributed by atoms with van der Waals surface area (Å²) in [5, 5.41) is 5.91. The summed E-state index contributed by atoms with van der Waals surface area (Å²) in [7, 11) is 2.84. The summed E-state index contributed by atoms with van der Waals surface area (Å²) in [4.78, 5) is 31.7. The molecule has 1 aliphatic rings. The Labute approximate surface area is 198 Å². The van der Waals surface area contributed by atoms with Crippen LogP contribution in [0.4, 0.5) is 5.69 Å². The third kappa shape index (κ3) is 7.22. The Hall–Kier alpha value is -2.55. The highest BCUT2D eigenvalue weighted by molar-refractivity contribution is 8.32. The van der Waals surface area contributed by atoms with Crippen LogP contribution in [0.2, 0.25) is 0 Å². The van der Waals surface area contributed by atoms with E-state index in [1.807, 2.05) is 24.3 Å². The lowest BCUT2D eigenvalue weighted by Crippen LogP contribution is -2.49. The van der Waals surface area contributed by atoms with E-state index >= 15 is 0 Å². The molecule has 0 spiro atoms. The Morgan fingerprint density at radius 3 is 2.12 bits per heavy atom. The van der Waals surface area contributed by atoms with Crippen LogP contribution in [0.3, 0.4) is 0 Å². The van der Waals surface area contributed by atoms with E-state index in [4.69, 9.17) is 4.74 Å². The first-order valence-electron chi connectivity index (χ1n) is 11.1. The fourth-order valence-electron chi connectivity index (χ4n) is 3.67. The van der Waals surface area contributed by atoms with Gasteiger partial charge in [-0.15, -0.1) is 0 Å². The fourth-order valence-corrected chi connectivity index (χ4v) is 4.63. The molecule has 1 unspecified atom stereocenters. The molecule has 1 heterocycles. The number of likely N-dealkylation sites (N-methyl/N-ethyl adjacent to an activating group) is 1. The van der Waals surface area contributed by atoms with Crippen LogP contribution in [0.1, 0.15) is 11.6 Å². The normalized spacial score (nSPS) is 16.6. The smallest absolute Gasteiger partial charge is 0.251 e. The second-order valence-electron chi connectivity index (χ2n) is 9.20. The van der Waals surface area contributed by atoms with Gasteiger partial charge < -0.3 is 20.3 Å². The van der Waals surface area contributed by atoms with E-state index in [-0.39, 0.29) is 18.4 Å². The Kier molecular flexibility index (Phi) is 8.40. The monoisotopic (exact) mass is 472 g/mol. The molecule has 2 N–H and O–H groups in total. The van der Waals surface area contributed by atoms with Crippen LogP contribution in [-0.4, -0.2) is 87.3 Å². The average molecular weight is 473 g/mol. The maximum absolute atomic E-state index is 13.2. The molecule has 0 saturated carbocycles. The lowest BCUT2D eigenvalue weighted by atomic mass is 10.1. The number of carbonyl (C=O) groups is 2. The van der Waals surface area contributed by atoms with Gasteiger partial charge in [-0.1, -0.05) is 12.1 Å². The number of benzene rings is 2. The van der Waals surface area contributed by atoms with Crippen molar-refractivity contribution in [2.75, 3.05) is 71.0 Å². The van der Waals surface area contributed by atoms with Crippen LogP contribution in [0, 0.1) is 0 Å². The molecule has 1 fully saturated rings. The van der Waals surface area contributed by atoms with Gasteiger partial charge in [0.2, 0.25) is 5.91 Å². The van der Waals surface area contributed by atoms with Crippen molar-refractivity contribution in [2.45, 2.75) is 10.9 Å². The number of anilines is 1. The first kappa shape index (κ1) is 25.1. The van der Waals surface area contributed by atoms with Crippen molar-refractivity contribution in [1.82, 2.24) is 15.1 Å². The summed E-state index contributed by atoms with van der Waals surface area (Å²) in [5.41, 5.74) is 1.41. The highest BCUT2D eigenvalue weighted by atomic mass is 32.3. The quantitative estimate of drug-likeness (QED) is 0.618. The Bertz CT molecular complexity index is 934. The van der Waals surface area contributed by atoms with E-state index in [9.17, 15) is 9.59 Å². The number of nitrogens with zero attached hydrogens (tertiary/aromatic N) is 2. The molecule has 0 radical (unpaired) electrons. The van der Waals surface area contributed by atoms with Gasteiger partial charge in [-0.2, -0.15) is 0 Å². The summed E-state index contributed by atoms with van der Waals surface area (Å²) < 4.78 is 5.24. The van der Waals surface area contributed by atoms with Crippen LogP contribution in [0.5, 0.6) is 5.75 Å². The zero-order chi connectivity index (χ0) is 24.0. The standard InChI is InChI=1S/C25H36N4O3S/c1-28-14-16-29(17-15-28)18-23(30)27-24(19-6-10-21(32-2)11-7-19)25(31)26-20-8-12-22(13-9-20)33(3,4)5/h6-13,24H,14-18H2,1-5H3,(H,26,31)(H,27,30). The first-order chi connectivity index (χ1) is 15.7. The number of carbonyl (C=O) groups excluding carboxylic acids is 2. The van der Waals surface area contributed by atoms with Crippen molar-refractivity contribution in [1.29, 1.82) is 0 Å². The van der Waals surface area contributed by atoms with Gasteiger partial charge in [-0.25, -0.2) is 10.0 Å². The van der Waals surface area contributed by atoms with E-state index in [1.165, 1.54) is 4.90 Å². The molecule has 0 bridgehead atoms. The maximum Gasteiger partial charge on any atom is 0.251 e. The highest BCUT2D eigenvalue weighted by Gasteiger charge is 2.25. The summed E-state index contributed by atoms with van der Waals surface area (Å²) in [6, 6.07) is 14.4. The molecule has 2 amide bonds. The number of hydrogen-bond donors (Lipinski definition) is 2. The maximum atomic E-state index is 13.2. The van der Waals surface area contributed by atoms with Gasteiger partial charge in [-0.3, -0.25) is 14.5 Å². The average Bonchev–Trinajstić information content (AvgIpc) is 2.79. The van der Waals surface area contributed by atoms with Gasteiger partial charge in [0.1, 0.15) is 11.8 Å². The van der Waals surface area contributed by atoms with E-state index < -0.39 is 16.1 Å². The Morgan fingerprint density at radius 1 is 0.970 bits per heavy atom. The van der Waals surface area contributed by atoms with E-state index in [0.717, 1.165) is 26.2 Å². The summed E-state index contributed by atoms with van der Waals surface area (Å²) in [6.07, 6.45) is 6.70. The molecule has 2 aromatic carbocycles. The van der Waals surface area contributed by atoms with Crippen molar-refractivity contribution in [2.24, 2.45) is 0 Å². The minimum Gasteiger partial charge on any atom is -0.497 e. The molecule has 33 heavy (non-hydrogen) atoms. The first-order valence-corrected chi connectivity index (χ1v) is 13.9. The lowest BCUT2D eigenvalue weighted by Gasteiger charge is -2.32. The fraction of sp³-hybridized carbons (Fsp3) is 0.440. The van der Waals surface area contributed by atoms with Crippen molar-refractivity contribution >= 4 is 27.5 Å². The Balaban J connectivity index is 1.73. The molecule has 8 heteroatoms. The van der Waals surface area contributed by atoms with Gasteiger partial charge >= 0.3 is 0 Å². The molecule has 7 nitrogen and oxygen atoms in total. The zero-order valence-corrected chi connectivity index (χ0v) is 21.1. The molecule has 2 aromatic rings. The predicted octanol–water partition coefficient (Wildman–Crippen LogP) is 2.79. The lowest BCUT2D eigenvalue weighted by molar-refractivity contribution is -0.127. The third-order valence-corrected chi connectivity index (χ3v) is 7.50. The van der Waals surface area contributed by atoms with Gasteiger partial charge in [0.05, 0.1) is 13.7 Å². The van der Waals surface area contributed by atoms with Crippen molar-refractivity contribution in [3.05, 3.63) is 54.1 Å². The molecule has 0 aromatic heterocycles. The molecular weight excluding hydrogens is 436 g/mol. The number of rotatable bonds is 8. The number of ether oxygens (including phenoxy) is 1. The van der Waals surface area contributed by atoms with Gasteiger partial charge in [0, 0.05) is 31.9 Å². The van der Waals surface area contributed by atoms with Crippen LogP contribution < -0.4 is 15.4 Å². The van der Waals surface area contributed by atoms with Gasteiger partial charge in [0.15, 0.2) is 0 Å². The van der Waals surface area contributed by atoms with E-state index in [2.05, 4.69) is 58.4 Å². The van der Waals surface area contributed by atoms with Crippen LogP contribution >= 0.6 is 10.0 Å². The molecule has 180 valence electrons. The largest absolute Gasteiger partial charge is 0.497 e. The molecular formula is C25H36N4O3S. The second-order valence-corrected chi connectivity index (χ2v) is 13.3. The number of nitrogens with one attached hydrogen (secondary N) is 2. The van der Waals surface area contributed by atoms with E-state index in [0.29, 0.717) is 17.0 Å².